The predicted octanol–water partition coefficient (Wildman–Crippen LogP) is 2.95. The zero-order valence-electron chi connectivity index (χ0n) is 10.5. The third-order valence-corrected chi connectivity index (χ3v) is 3.76. The summed E-state index contributed by atoms with van der Waals surface area (Å²) in [6.45, 7) is 0. The van der Waals surface area contributed by atoms with E-state index >= 15 is 0 Å². The molecule has 0 fully saturated rings. The number of oxime groups is 1. The van der Waals surface area contributed by atoms with E-state index in [4.69, 9.17) is 10.9 Å². The number of hydrogen-bond acceptors (Lipinski definition) is 4. The Labute approximate surface area is 137 Å². The number of aromatic nitrogens is 1. The molecule has 0 aliphatic heterocycles. The molecule has 21 heavy (non-hydrogen) atoms. The molecule has 0 saturated heterocycles. The summed E-state index contributed by atoms with van der Waals surface area (Å²) < 4.78 is 1.60. The number of carbonyl (C=O) groups is 1. The second-order valence-electron chi connectivity index (χ2n) is 4.00. The average molecular weight is 414 g/mol. The van der Waals surface area contributed by atoms with Crippen molar-refractivity contribution in [1.29, 1.82) is 0 Å². The van der Waals surface area contributed by atoms with E-state index in [2.05, 4.69) is 47.3 Å². The summed E-state index contributed by atoms with van der Waals surface area (Å²) in [4.78, 5) is 16.1. The van der Waals surface area contributed by atoms with Gasteiger partial charge in [0.2, 0.25) is 0 Å². The highest BCUT2D eigenvalue weighted by atomic mass is 79.9. The molecular formula is C13H10Br2N4O2. The fourth-order valence-corrected chi connectivity index (χ4v) is 2.22. The number of amides is 1. The Balaban J connectivity index is 2.19. The highest BCUT2D eigenvalue weighted by molar-refractivity contribution is 9.11. The van der Waals surface area contributed by atoms with Gasteiger partial charge < -0.3 is 16.3 Å². The van der Waals surface area contributed by atoms with Crippen LogP contribution in [0.15, 0.2) is 50.6 Å². The Morgan fingerprint density at radius 2 is 2.05 bits per heavy atom. The van der Waals surface area contributed by atoms with Crippen molar-refractivity contribution in [2.24, 2.45) is 10.9 Å². The van der Waals surface area contributed by atoms with E-state index < -0.39 is 0 Å². The molecule has 0 radical (unpaired) electrons. The molecule has 2 aromatic rings. The Morgan fingerprint density at radius 3 is 2.67 bits per heavy atom. The van der Waals surface area contributed by atoms with Gasteiger partial charge in [0.1, 0.15) is 5.69 Å². The number of nitrogens with zero attached hydrogens (tertiary/aromatic N) is 2. The van der Waals surface area contributed by atoms with Crippen LogP contribution >= 0.6 is 31.9 Å². The number of anilines is 1. The largest absolute Gasteiger partial charge is 0.409 e. The van der Waals surface area contributed by atoms with E-state index in [0.29, 0.717) is 11.3 Å². The lowest BCUT2D eigenvalue weighted by Gasteiger charge is -2.08. The van der Waals surface area contributed by atoms with Crippen LogP contribution < -0.4 is 11.1 Å². The van der Waals surface area contributed by atoms with Crippen molar-refractivity contribution in [2.45, 2.75) is 0 Å². The molecule has 1 aromatic carbocycles. The molecular weight excluding hydrogens is 404 g/mol. The summed E-state index contributed by atoms with van der Waals surface area (Å²) >= 11 is 6.69. The molecule has 108 valence electrons. The van der Waals surface area contributed by atoms with Crippen molar-refractivity contribution in [1.82, 2.24) is 4.98 Å². The third-order valence-electron chi connectivity index (χ3n) is 2.58. The van der Waals surface area contributed by atoms with Crippen LogP contribution in [0, 0.1) is 0 Å². The Bertz CT molecular complexity index is 702. The smallest absolute Gasteiger partial charge is 0.274 e. The van der Waals surface area contributed by atoms with Gasteiger partial charge in [0.05, 0.1) is 5.69 Å². The van der Waals surface area contributed by atoms with E-state index in [9.17, 15) is 4.79 Å². The molecule has 0 atom stereocenters. The van der Waals surface area contributed by atoms with Crippen molar-refractivity contribution in [3.8, 4) is 0 Å². The van der Waals surface area contributed by atoms with Crippen LogP contribution in [0.5, 0.6) is 0 Å². The van der Waals surface area contributed by atoms with Crippen LogP contribution in [0.3, 0.4) is 0 Å². The van der Waals surface area contributed by atoms with Crippen LogP contribution in [0.1, 0.15) is 16.1 Å². The Morgan fingerprint density at radius 1 is 1.29 bits per heavy atom. The predicted molar refractivity (Wildman–Crippen MR) is 86.5 cm³/mol. The molecule has 6 nitrogen and oxygen atoms in total. The second-order valence-corrected chi connectivity index (χ2v) is 5.77. The maximum atomic E-state index is 12.1. The quantitative estimate of drug-likeness (QED) is 0.311. The molecule has 0 bridgehead atoms. The lowest BCUT2D eigenvalue weighted by Crippen LogP contribution is -2.17. The average Bonchev–Trinajstić information content (AvgIpc) is 2.50. The summed E-state index contributed by atoms with van der Waals surface area (Å²) in [6.07, 6.45) is 1.36. The number of amidine groups is 1. The third kappa shape index (κ3) is 3.79. The standard InChI is InChI=1S/C13H10Br2N4O2/c14-8-2-3-9(15)11(5-8)18-13(20)10-4-1-7(6-17-10)12(16)19-21/h1-6,21H,(H2,16,19)(H,18,20). The number of nitrogens with two attached hydrogens (primary N) is 1. The van der Waals surface area contributed by atoms with Crippen molar-refractivity contribution in [2.75, 3.05) is 5.32 Å². The molecule has 2 rings (SSSR count). The minimum Gasteiger partial charge on any atom is -0.409 e. The van der Waals surface area contributed by atoms with Gasteiger partial charge in [-0.2, -0.15) is 0 Å². The SMILES string of the molecule is NC(=NO)c1ccc(C(=O)Nc2cc(Br)ccc2Br)nc1. The summed E-state index contributed by atoms with van der Waals surface area (Å²) in [6, 6.07) is 8.48. The van der Waals surface area contributed by atoms with Crippen LogP contribution in [0.25, 0.3) is 0 Å². The van der Waals surface area contributed by atoms with Gasteiger partial charge >= 0.3 is 0 Å². The zero-order valence-corrected chi connectivity index (χ0v) is 13.7. The number of pyridine rings is 1. The van der Waals surface area contributed by atoms with Gasteiger partial charge in [0.25, 0.3) is 5.91 Å². The van der Waals surface area contributed by atoms with E-state index in [0.717, 1.165) is 8.95 Å². The Kier molecular flexibility index (Phi) is 4.92. The van der Waals surface area contributed by atoms with Crippen molar-refractivity contribution >= 4 is 49.3 Å². The minimum atomic E-state index is -0.361. The molecule has 1 aromatic heterocycles. The summed E-state index contributed by atoms with van der Waals surface area (Å²) in [7, 11) is 0. The number of nitrogens with one attached hydrogen (secondary N) is 1. The summed E-state index contributed by atoms with van der Waals surface area (Å²) in [5.41, 5.74) is 6.70. The van der Waals surface area contributed by atoms with Crippen LogP contribution in [-0.4, -0.2) is 21.9 Å². The molecule has 8 heteroatoms. The van der Waals surface area contributed by atoms with Crippen molar-refractivity contribution in [3.63, 3.8) is 0 Å². The van der Waals surface area contributed by atoms with Gasteiger partial charge in [-0.1, -0.05) is 21.1 Å². The summed E-state index contributed by atoms with van der Waals surface area (Å²) in [5.74, 6) is -0.427. The van der Waals surface area contributed by atoms with Crippen molar-refractivity contribution < 1.29 is 10.0 Å². The first-order valence-electron chi connectivity index (χ1n) is 5.71. The van der Waals surface area contributed by atoms with Crippen LogP contribution in [-0.2, 0) is 0 Å². The molecule has 0 unspecified atom stereocenters. The van der Waals surface area contributed by atoms with E-state index in [1.807, 2.05) is 12.1 Å². The number of hydrogen-bond donors (Lipinski definition) is 3. The highest BCUT2D eigenvalue weighted by Gasteiger charge is 2.11. The fourth-order valence-electron chi connectivity index (χ4n) is 1.52. The maximum Gasteiger partial charge on any atom is 0.274 e. The van der Waals surface area contributed by atoms with Gasteiger partial charge in [0, 0.05) is 20.7 Å². The van der Waals surface area contributed by atoms with Gasteiger partial charge in [-0.05, 0) is 46.3 Å². The van der Waals surface area contributed by atoms with Gasteiger partial charge in [-0.25, -0.2) is 0 Å². The first-order chi connectivity index (χ1) is 10.0. The van der Waals surface area contributed by atoms with E-state index in [-0.39, 0.29) is 17.4 Å². The minimum absolute atomic E-state index is 0.0656. The lowest BCUT2D eigenvalue weighted by molar-refractivity contribution is 0.102. The van der Waals surface area contributed by atoms with E-state index in [1.54, 1.807) is 12.1 Å². The van der Waals surface area contributed by atoms with Crippen LogP contribution in [0.4, 0.5) is 5.69 Å². The number of benzene rings is 1. The molecule has 0 aliphatic carbocycles. The zero-order chi connectivity index (χ0) is 15.4. The monoisotopic (exact) mass is 412 g/mol. The molecule has 0 saturated carbocycles. The normalized spacial score (nSPS) is 11.2. The van der Waals surface area contributed by atoms with E-state index in [1.165, 1.54) is 12.3 Å². The Hall–Kier alpha value is -1.93. The molecule has 4 N–H and O–H groups in total. The first kappa shape index (κ1) is 15.5. The number of rotatable bonds is 3. The van der Waals surface area contributed by atoms with Gasteiger partial charge in [0.15, 0.2) is 5.84 Å². The number of halogens is 2. The second kappa shape index (κ2) is 6.68. The maximum absolute atomic E-state index is 12.1. The first-order valence-corrected chi connectivity index (χ1v) is 7.30. The summed E-state index contributed by atoms with van der Waals surface area (Å²) in [5, 5.41) is 14.2. The number of carbonyl (C=O) groups excluding carboxylic acids is 1. The molecule has 0 spiro atoms. The van der Waals surface area contributed by atoms with Crippen LogP contribution in [0.2, 0.25) is 0 Å². The van der Waals surface area contributed by atoms with Gasteiger partial charge in [-0.3, -0.25) is 9.78 Å². The highest BCUT2D eigenvalue weighted by Crippen LogP contribution is 2.26. The topological polar surface area (TPSA) is 101 Å². The molecule has 0 aliphatic rings. The van der Waals surface area contributed by atoms with Gasteiger partial charge in [-0.15, -0.1) is 0 Å². The fraction of sp³-hybridized carbons (Fsp3) is 0. The molecule has 1 amide bonds. The molecule has 1 heterocycles. The van der Waals surface area contributed by atoms with Crippen molar-refractivity contribution in [3.05, 3.63) is 56.7 Å². The lowest BCUT2D eigenvalue weighted by atomic mass is 10.2.